The number of rotatable bonds is 19. The molecule has 0 radical (unpaired) electrons. The van der Waals surface area contributed by atoms with Gasteiger partial charge in [0.05, 0.1) is 47.3 Å². The van der Waals surface area contributed by atoms with Gasteiger partial charge >= 0.3 is 36.6 Å². The molecule has 4 aromatic rings. The first-order chi connectivity index (χ1) is 34.7. The highest BCUT2D eigenvalue weighted by Gasteiger charge is 2.49. The van der Waals surface area contributed by atoms with Crippen LogP contribution in [0.25, 0.3) is 0 Å². The number of nitrogens with zero attached hydrogens (tertiary/aromatic N) is 2. The Balaban J connectivity index is 0.971. The molecule has 2 heterocycles. The lowest BCUT2D eigenvalue weighted by atomic mass is 9.75. The van der Waals surface area contributed by atoms with Crippen molar-refractivity contribution in [1.29, 1.82) is 0 Å². The summed E-state index contributed by atoms with van der Waals surface area (Å²) < 4.78 is 184. The summed E-state index contributed by atoms with van der Waals surface area (Å²) in [6.07, 6.45) is -16.3. The van der Waals surface area contributed by atoms with Crippen LogP contribution in [0.5, 0.6) is 11.5 Å². The fourth-order valence-corrected chi connectivity index (χ4v) is 11.1. The van der Waals surface area contributed by atoms with E-state index < -0.39 is 106 Å². The fourth-order valence-electron chi connectivity index (χ4n) is 11.1. The van der Waals surface area contributed by atoms with E-state index in [0.717, 1.165) is 18.4 Å². The van der Waals surface area contributed by atoms with Crippen LogP contribution in [0.1, 0.15) is 120 Å². The quantitative estimate of drug-likeness (QED) is 0.0896. The zero-order chi connectivity index (χ0) is 53.5. The van der Waals surface area contributed by atoms with Gasteiger partial charge in [0.1, 0.15) is 11.5 Å². The number of ether oxygens (including phenoxy) is 2. The highest BCUT2D eigenvalue weighted by molar-refractivity contribution is 5.79. The monoisotopic (exact) mass is 1060 g/mol. The average molecular weight is 1060 g/mol. The van der Waals surface area contributed by atoms with Crippen LogP contribution >= 0.6 is 0 Å². The van der Waals surface area contributed by atoms with Gasteiger partial charge in [-0.05, 0) is 171 Å². The molecule has 0 spiro atoms. The summed E-state index contributed by atoms with van der Waals surface area (Å²) in [4.78, 5) is 28.5. The Morgan fingerprint density at radius 3 is 1.61 bits per heavy atom. The Hall–Kier alpha value is -5.50. The highest BCUT2D eigenvalue weighted by Crippen LogP contribution is 2.54. The maximum atomic E-state index is 15.5. The van der Waals surface area contributed by atoms with E-state index in [9.17, 15) is 59.3 Å². The summed E-state index contributed by atoms with van der Waals surface area (Å²) in [5.74, 6) is -6.73. The Morgan fingerprint density at radius 1 is 0.568 bits per heavy atom. The van der Waals surface area contributed by atoms with Crippen molar-refractivity contribution in [1.82, 2.24) is 9.80 Å². The zero-order valence-corrected chi connectivity index (χ0v) is 40.2. The van der Waals surface area contributed by atoms with E-state index in [1.54, 1.807) is 34.9 Å². The lowest BCUT2D eigenvalue weighted by Crippen LogP contribution is -2.35. The van der Waals surface area contributed by atoms with Gasteiger partial charge in [-0.15, -0.1) is 0 Å². The van der Waals surface area contributed by atoms with E-state index in [4.69, 9.17) is 9.47 Å². The van der Waals surface area contributed by atoms with Crippen LogP contribution in [-0.2, 0) is 47.4 Å². The molecule has 0 aromatic heterocycles. The third-order valence-corrected chi connectivity index (χ3v) is 15.1. The third-order valence-electron chi connectivity index (χ3n) is 15.1. The molecule has 2 aliphatic carbocycles. The number of carboxylic acid groups (broad SMARTS) is 2. The van der Waals surface area contributed by atoms with Crippen molar-refractivity contribution in [3.63, 3.8) is 0 Å². The molecule has 0 amide bonds. The van der Waals surface area contributed by atoms with Gasteiger partial charge in [0, 0.05) is 31.5 Å². The van der Waals surface area contributed by atoms with Crippen LogP contribution in [0.3, 0.4) is 0 Å². The number of hydrogen-bond donors (Lipinski definition) is 2. The van der Waals surface area contributed by atoms with Crippen LogP contribution < -0.4 is 9.47 Å². The summed E-state index contributed by atoms with van der Waals surface area (Å²) >= 11 is 0. The van der Waals surface area contributed by atoms with Gasteiger partial charge < -0.3 is 19.7 Å². The van der Waals surface area contributed by atoms with E-state index in [0.29, 0.717) is 68.2 Å². The first-order valence-corrected chi connectivity index (χ1v) is 24.7. The Bertz CT molecular complexity index is 2640. The summed E-state index contributed by atoms with van der Waals surface area (Å²) in [5.41, 5.74) is -6.39. The molecule has 4 fully saturated rings. The van der Waals surface area contributed by atoms with Crippen LogP contribution in [0.15, 0.2) is 78.9 Å². The minimum Gasteiger partial charge on any atom is -0.493 e. The van der Waals surface area contributed by atoms with Gasteiger partial charge in [0.2, 0.25) is 0 Å². The van der Waals surface area contributed by atoms with E-state index in [-0.39, 0.29) is 80.9 Å². The maximum Gasteiger partial charge on any atom is 0.417 e. The molecule has 402 valence electrons. The van der Waals surface area contributed by atoms with Crippen molar-refractivity contribution in [2.75, 3.05) is 39.4 Å². The number of piperidine rings is 1. The number of carbonyl (C=O) groups is 2. The molecule has 4 aliphatic rings. The number of benzene rings is 4. The first-order valence-electron chi connectivity index (χ1n) is 24.7. The average Bonchev–Trinajstić information content (AvgIpc) is 4.27. The van der Waals surface area contributed by atoms with Gasteiger partial charge in [0.25, 0.3) is 0 Å². The second-order valence-electron chi connectivity index (χ2n) is 20.5. The van der Waals surface area contributed by atoms with Crippen LogP contribution in [0.4, 0.5) is 52.7 Å². The molecule has 2 unspecified atom stereocenters. The molecule has 2 saturated carbocycles. The van der Waals surface area contributed by atoms with Crippen molar-refractivity contribution in [2.24, 2.45) is 29.6 Å². The smallest absolute Gasteiger partial charge is 0.417 e. The predicted octanol–water partition coefficient (Wildman–Crippen LogP) is 13.5. The van der Waals surface area contributed by atoms with Crippen LogP contribution in [-0.4, -0.2) is 71.3 Å². The molecule has 2 saturated heterocycles. The van der Waals surface area contributed by atoms with Crippen molar-refractivity contribution in [3.8, 4) is 11.5 Å². The van der Waals surface area contributed by atoms with E-state index >= 15 is 13.2 Å². The topological polar surface area (TPSA) is 99.5 Å². The third kappa shape index (κ3) is 13.3. The molecule has 8 nitrogen and oxygen atoms in total. The zero-order valence-electron chi connectivity index (χ0n) is 40.2. The molecule has 20 heteroatoms. The SMILES string of the molecule is C[C@H](C(=O)O)C(c1cccc(OC[C@H]2CCN(Cc3cc(C(F)(F)F)cc([C@H](C(=O)O)C(c4cccc(OCC5CCN(Cc6cc(C(F)(F)F)ccc6C(F)(F)F)CC5)c4)C4CC4)c3C(F)(F)F)C2)c1)C1CC1. The van der Waals surface area contributed by atoms with Gasteiger partial charge in [-0.1, -0.05) is 31.2 Å². The highest BCUT2D eigenvalue weighted by atomic mass is 19.4. The fraction of sp³-hybridized carbons (Fsp3) is 0.519. The molecule has 0 bridgehead atoms. The molecule has 2 N–H and O–H groups in total. The summed E-state index contributed by atoms with van der Waals surface area (Å²) in [5, 5.41) is 20.6. The van der Waals surface area contributed by atoms with E-state index in [2.05, 4.69) is 0 Å². The lowest BCUT2D eigenvalue weighted by molar-refractivity contribution is -0.145. The molecule has 5 atom stereocenters. The van der Waals surface area contributed by atoms with Crippen molar-refractivity contribution < 1.29 is 82.0 Å². The van der Waals surface area contributed by atoms with Crippen LogP contribution in [0, 0.1) is 29.6 Å². The van der Waals surface area contributed by atoms with Gasteiger partial charge in [-0.3, -0.25) is 19.4 Å². The number of aliphatic carboxylic acids is 2. The molecule has 74 heavy (non-hydrogen) atoms. The number of halogens is 12. The second-order valence-corrected chi connectivity index (χ2v) is 20.5. The molecular formula is C54H56F12N2O6. The van der Waals surface area contributed by atoms with E-state index in [1.165, 1.54) is 24.3 Å². The Morgan fingerprint density at radius 2 is 1.08 bits per heavy atom. The predicted molar refractivity (Wildman–Crippen MR) is 246 cm³/mol. The first kappa shape index (κ1) is 54.8. The minimum atomic E-state index is -5.27. The van der Waals surface area contributed by atoms with Gasteiger partial charge in [-0.2, -0.15) is 52.7 Å². The van der Waals surface area contributed by atoms with Gasteiger partial charge in [-0.25, -0.2) is 0 Å². The number of carboxylic acids is 2. The van der Waals surface area contributed by atoms with E-state index in [1.807, 2.05) is 6.07 Å². The lowest BCUT2D eigenvalue weighted by Gasteiger charge is -2.32. The molecule has 2 aliphatic heterocycles. The second kappa shape index (κ2) is 21.6. The number of hydrogen-bond acceptors (Lipinski definition) is 6. The maximum absolute atomic E-state index is 15.5. The normalized spacial score (nSPS) is 20.3. The van der Waals surface area contributed by atoms with Crippen molar-refractivity contribution >= 4 is 11.9 Å². The van der Waals surface area contributed by atoms with Crippen molar-refractivity contribution in [3.05, 3.63) is 129 Å². The van der Waals surface area contributed by atoms with Crippen LogP contribution in [0.2, 0.25) is 0 Å². The number of alkyl halides is 12. The standard InChI is InChI=1S/C54H56F12N2O6/c1-30(49(69)70)45(33-8-9-33)35-4-2-6-41(22-35)74-29-32-16-19-68(25-32)27-38-21-40(52(58,59)60)24-43(48(38)54(64,65)66)47(50(71)72)46(34-10-11-34)36-5-3-7-42(23-36)73-28-31-14-17-67(18-15-31)26-37-20-39(51(55,56)57)12-13-44(37)53(61,62)63/h2-7,12-13,20-24,30-34,45-47H,8-11,14-19,25-29H2,1H3,(H,69,70)(H,71,72)/t30-,32-,45?,46?,47-/m0/s1. The Labute approximate surface area is 419 Å². The minimum absolute atomic E-state index is 0.0612. The molecule has 8 rings (SSSR count). The largest absolute Gasteiger partial charge is 0.493 e. The van der Waals surface area contributed by atoms with Crippen molar-refractivity contribution in [2.45, 2.75) is 107 Å². The summed E-state index contributed by atoms with van der Waals surface area (Å²) in [6.45, 7) is 1.77. The molecule has 4 aromatic carbocycles. The summed E-state index contributed by atoms with van der Waals surface area (Å²) in [6, 6.07) is 15.2. The Kier molecular flexibility index (Phi) is 16.0. The number of likely N-dealkylation sites (tertiary alicyclic amines) is 2. The summed E-state index contributed by atoms with van der Waals surface area (Å²) in [7, 11) is 0. The molecular weight excluding hydrogens is 1000 g/mol. The van der Waals surface area contributed by atoms with Gasteiger partial charge in [0.15, 0.2) is 0 Å².